The third-order valence-corrected chi connectivity index (χ3v) is 4.03. The highest BCUT2D eigenvalue weighted by molar-refractivity contribution is 9.10. The first-order valence-electron chi connectivity index (χ1n) is 7.54. The van der Waals surface area contributed by atoms with Crippen LogP contribution < -0.4 is 11.1 Å². The molecule has 5 nitrogen and oxygen atoms in total. The number of amides is 1. The van der Waals surface area contributed by atoms with Crippen molar-refractivity contribution in [1.82, 2.24) is 10.3 Å². The van der Waals surface area contributed by atoms with Crippen LogP contribution >= 0.6 is 40.7 Å². The van der Waals surface area contributed by atoms with E-state index in [0.717, 1.165) is 21.5 Å². The number of halogens is 3. The number of rotatable bonds is 6. The van der Waals surface area contributed by atoms with Crippen molar-refractivity contribution in [3.05, 3.63) is 40.3 Å². The van der Waals surface area contributed by atoms with Gasteiger partial charge in [-0.2, -0.15) is 0 Å². The number of benzene rings is 1. The van der Waals surface area contributed by atoms with Gasteiger partial charge in [0.1, 0.15) is 0 Å². The molecule has 1 aromatic carbocycles. The summed E-state index contributed by atoms with van der Waals surface area (Å²) in [6, 6.07) is 7.86. The topological polar surface area (TPSA) is 81.2 Å². The number of aryl methyl sites for hydroxylation is 2. The van der Waals surface area contributed by atoms with E-state index in [1.165, 1.54) is 0 Å². The number of carbonyl (C=O) groups excluding carboxylic acids is 1. The summed E-state index contributed by atoms with van der Waals surface area (Å²) in [7, 11) is 0. The van der Waals surface area contributed by atoms with E-state index in [1.54, 1.807) is 0 Å². The average molecular weight is 453 g/mol. The molecule has 3 N–H and O–H groups in total. The normalized spacial score (nSPS) is 10.6. The summed E-state index contributed by atoms with van der Waals surface area (Å²) in [5, 5.41) is 2.90. The van der Waals surface area contributed by atoms with Gasteiger partial charge in [0.15, 0.2) is 11.7 Å². The minimum atomic E-state index is -0.397. The van der Waals surface area contributed by atoms with Crippen molar-refractivity contribution < 1.29 is 9.21 Å². The van der Waals surface area contributed by atoms with E-state index in [1.807, 2.05) is 45.0 Å². The van der Waals surface area contributed by atoms with Gasteiger partial charge in [0.05, 0.1) is 5.69 Å². The highest BCUT2D eigenvalue weighted by Crippen LogP contribution is 2.26. The lowest BCUT2D eigenvalue weighted by Crippen LogP contribution is -2.48. The van der Waals surface area contributed by atoms with E-state index in [-0.39, 0.29) is 30.7 Å². The number of nitrogens with zero attached hydrogens (tertiary/aromatic N) is 1. The van der Waals surface area contributed by atoms with Gasteiger partial charge in [-0.3, -0.25) is 4.79 Å². The smallest absolute Gasteiger partial charge is 0.220 e. The van der Waals surface area contributed by atoms with Crippen LogP contribution in [0.1, 0.15) is 31.9 Å². The monoisotopic (exact) mass is 451 g/mol. The largest absolute Gasteiger partial charge is 0.440 e. The molecule has 0 saturated heterocycles. The number of nitrogens with one attached hydrogen (secondary N) is 1. The van der Waals surface area contributed by atoms with E-state index in [0.29, 0.717) is 25.3 Å². The molecule has 0 radical (unpaired) electrons. The van der Waals surface area contributed by atoms with Gasteiger partial charge in [-0.05, 0) is 32.9 Å². The van der Waals surface area contributed by atoms with Crippen LogP contribution in [0.3, 0.4) is 0 Å². The Bertz CT molecular complexity index is 688. The van der Waals surface area contributed by atoms with Gasteiger partial charge in [0.2, 0.25) is 5.91 Å². The third kappa shape index (κ3) is 6.98. The zero-order valence-corrected chi connectivity index (χ0v) is 17.7. The number of hydrogen-bond acceptors (Lipinski definition) is 4. The van der Waals surface area contributed by atoms with Crippen LogP contribution in [0.2, 0.25) is 0 Å². The average Bonchev–Trinajstić information content (AvgIpc) is 2.87. The van der Waals surface area contributed by atoms with Crippen LogP contribution in [-0.4, -0.2) is 23.0 Å². The molecule has 0 saturated carbocycles. The van der Waals surface area contributed by atoms with Crippen molar-refractivity contribution in [2.24, 2.45) is 5.73 Å². The second-order valence-electron chi connectivity index (χ2n) is 6.17. The molecular weight excluding hydrogens is 429 g/mol. The van der Waals surface area contributed by atoms with Gasteiger partial charge in [0, 0.05) is 35.0 Å². The molecule has 1 heterocycles. The first-order chi connectivity index (χ1) is 10.8. The molecule has 0 aliphatic rings. The molecule has 0 aliphatic heterocycles. The molecule has 0 fully saturated rings. The van der Waals surface area contributed by atoms with E-state index in [2.05, 4.69) is 26.2 Å². The number of aromatic nitrogens is 1. The summed E-state index contributed by atoms with van der Waals surface area (Å²) in [5.41, 5.74) is 7.01. The highest BCUT2D eigenvalue weighted by Gasteiger charge is 2.19. The second-order valence-corrected chi connectivity index (χ2v) is 7.08. The van der Waals surface area contributed by atoms with Crippen LogP contribution in [-0.2, 0) is 11.2 Å². The van der Waals surface area contributed by atoms with Gasteiger partial charge < -0.3 is 15.5 Å². The fraction of sp³-hybridized carbons (Fsp3) is 0.412. The maximum atomic E-state index is 11.9. The second kappa shape index (κ2) is 10.2. The summed E-state index contributed by atoms with van der Waals surface area (Å²) in [6.45, 7) is 6.09. The van der Waals surface area contributed by atoms with Crippen LogP contribution in [0.5, 0.6) is 0 Å². The van der Waals surface area contributed by atoms with Gasteiger partial charge in [-0.1, -0.05) is 28.1 Å². The predicted octanol–water partition coefficient (Wildman–Crippen LogP) is 4.04. The Morgan fingerprint density at radius 1 is 1.28 bits per heavy atom. The quantitative estimate of drug-likeness (QED) is 0.692. The van der Waals surface area contributed by atoms with E-state index >= 15 is 0 Å². The van der Waals surface area contributed by atoms with Crippen molar-refractivity contribution in [3.8, 4) is 11.3 Å². The predicted molar refractivity (Wildman–Crippen MR) is 108 cm³/mol. The Morgan fingerprint density at radius 3 is 2.44 bits per heavy atom. The first kappa shape index (κ1) is 23.9. The molecule has 0 atom stereocenters. The van der Waals surface area contributed by atoms with Crippen molar-refractivity contribution in [3.63, 3.8) is 0 Å². The molecule has 0 spiro atoms. The Balaban J connectivity index is 0.00000288. The maximum Gasteiger partial charge on any atom is 0.220 e. The maximum absolute atomic E-state index is 11.9. The molecular formula is C17H24BrCl2N3O2. The van der Waals surface area contributed by atoms with Crippen LogP contribution in [0, 0.1) is 6.92 Å². The molecule has 0 aliphatic carbocycles. The molecule has 1 aromatic heterocycles. The zero-order chi connectivity index (χ0) is 17.0. The van der Waals surface area contributed by atoms with Gasteiger partial charge in [0.25, 0.3) is 0 Å². The minimum absolute atomic E-state index is 0. The van der Waals surface area contributed by atoms with Gasteiger partial charge in [-0.15, -0.1) is 24.8 Å². The lowest BCUT2D eigenvalue weighted by atomic mass is 10.1. The molecule has 8 heteroatoms. The number of nitrogens with two attached hydrogens (primary N) is 1. The summed E-state index contributed by atoms with van der Waals surface area (Å²) in [6.07, 6.45) is 0.785. The van der Waals surface area contributed by atoms with Gasteiger partial charge in [-0.25, -0.2) is 4.98 Å². The van der Waals surface area contributed by atoms with E-state index in [9.17, 15) is 4.79 Å². The van der Waals surface area contributed by atoms with Crippen LogP contribution in [0.4, 0.5) is 0 Å². The van der Waals surface area contributed by atoms with E-state index in [4.69, 9.17) is 10.2 Å². The Labute approximate surface area is 169 Å². The molecule has 1 amide bonds. The van der Waals surface area contributed by atoms with Gasteiger partial charge >= 0.3 is 0 Å². The SMILES string of the molecule is Cc1nc(CCC(=O)NC(C)(C)CN)oc1-c1ccc(Br)cc1.Cl.Cl. The number of oxazole rings is 1. The third-order valence-electron chi connectivity index (χ3n) is 3.50. The summed E-state index contributed by atoms with van der Waals surface area (Å²) in [5.74, 6) is 1.26. The molecule has 2 rings (SSSR count). The van der Waals surface area contributed by atoms with Crippen LogP contribution in [0.25, 0.3) is 11.3 Å². The Hall–Kier alpha value is -1.08. The minimum Gasteiger partial charge on any atom is -0.440 e. The molecule has 140 valence electrons. The molecule has 0 bridgehead atoms. The van der Waals surface area contributed by atoms with Crippen molar-refractivity contribution in [2.45, 2.75) is 39.2 Å². The first-order valence-corrected chi connectivity index (χ1v) is 8.33. The summed E-state index contributed by atoms with van der Waals surface area (Å²) < 4.78 is 6.83. The lowest BCUT2D eigenvalue weighted by Gasteiger charge is -2.23. The molecule has 25 heavy (non-hydrogen) atoms. The van der Waals surface area contributed by atoms with Crippen molar-refractivity contribution >= 4 is 46.7 Å². The van der Waals surface area contributed by atoms with Crippen molar-refractivity contribution in [1.29, 1.82) is 0 Å². The van der Waals surface area contributed by atoms with Crippen LogP contribution in [0.15, 0.2) is 33.2 Å². The lowest BCUT2D eigenvalue weighted by molar-refractivity contribution is -0.122. The van der Waals surface area contributed by atoms with E-state index < -0.39 is 5.54 Å². The van der Waals surface area contributed by atoms with Crippen molar-refractivity contribution in [2.75, 3.05) is 6.54 Å². The highest BCUT2D eigenvalue weighted by atomic mass is 79.9. The number of carbonyl (C=O) groups is 1. The summed E-state index contributed by atoms with van der Waals surface area (Å²) in [4.78, 5) is 16.4. The molecule has 2 aromatic rings. The Morgan fingerprint density at radius 2 is 1.88 bits per heavy atom. The Kier molecular flexibility index (Phi) is 9.72. The molecule has 0 unspecified atom stereocenters. The summed E-state index contributed by atoms with van der Waals surface area (Å²) >= 11 is 3.41. The standard InChI is InChI=1S/C17H22BrN3O2.2ClH/c1-11-16(12-4-6-13(18)7-5-12)23-15(20-11)9-8-14(22)21-17(2,3)10-19;;/h4-7H,8-10,19H2,1-3H3,(H,21,22);2*1H. The number of hydrogen-bond donors (Lipinski definition) is 2. The zero-order valence-electron chi connectivity index (χ0n) is 14.5. The fourth-order valence-electron chi connectivity index (χ4n) is 2.14. The fourth-order valence-corrected chi connectivity index (χ4v) is 2.40.